The standard InChI is InChI=1S/C12H13F2NS/c1-7(2)11-15-9-6-8(12(3,13)14)4-5-10(9)16-11/h4-7H,1-3H3. The Bertz CT molecular complexity index is 511. The number of alkyl halides is 2. The lowest BCUT2D eigenvalue weighted by Crippen LogP contribution is -2.06. The van der Waals surface area contributed by atoms with Crippen LogP contribution >= 0.6 is 11.3 Å². The van der Waals surface area contributed by atoms with Gasteiger partial charge in [-0.05, 0) is 12.1 Å². The first-order chi connectivity index (χ1) is 7.38. The average molecular weight is 241 g/mol. The summed E-state index contributed by atoms with van der Waals surface area (Å²) in [5, 5.41) is 0.992. The molecule has 1 aromatic heterocycles. The molecule has 2 rings (SSSR count). The van der Waals surface area contributed by atoms with E-state index in [1.165, 1.54) is 12.1 Å². The summed E-state index contributed by atoms with van der Waals surface area (Å²) >= 11 is 1.57. The number of hydrogen-bond acceptors (Lipinski definition) is 2. The first-order valence-electron chi connectivity index (χ1n) is 5.16. The summed E-state index contributed by atoms with van der Waals surface area (Å²) in [6, 6.07) is 4.69. The van der Waals surface area contributed by atoms with E-state index in [9.17, 15) is 8.78 Å². The van der Waals surface area contributed by atoms with E-state index in [2.05, 4.69) is 4.98 Å². The zero-order chi connectivity index (χ0) is 11.9. The first-order valence-corrected chi connectivity index (χ1v) is 5.98. The van der Waals surface area contributed by atoms with Gasteiger partial charge in [-0.1, -0.05) is 19.9 Å². The molecule has 0 saturated heterocycles. The molecule has 0 aliphatic carbocycles. The van der Waals surface area contributed by atoms with Crippen LogP contribution in [0, 0.1) is 0 Å². The van der Waals surface area contributed by atoms with Crippen LogP contribution in [0.1, 0.15) is 37.3 Å². The maximum absolute atomic E-state index is 13.1. The zero-order valence-electron chi connectivity index (χ0n) is 9.42. The maximum atomic E-state index is 13.1. The number of halogens is 2. The number of nitrogens with zero attached hydrogens (tertiary/aromatic N) is 1. The summed E-state index contributed by atoms with van der Waals surface area (Å²) in [7, 11) is 0. The van der Waals surface area contributed by atoms with Gasteiger partial charge >= 0.3 is 0 Å². The molecule has 0 saturated carbocycles. The number of fused-ring (bicyclic) bond motifs is 1. The molecular formula is C12H13F2NS. The van der Waals surface area contributed by atoms with Crippen LogP contribution in [0.3, 0.4) is 0 Å². The quantitative estimate of drug-likeness (QED) is 0.752. The lowest BCUT2D eigenvalue weighted by atomic mass is 10.1. The average Bonchev–Trinajstić information content (AvgIpc) is 2.58. The lowest BCUT2D eigenvalue weighted by Gasteiger charge is -2.09. The van der Waals surface area contributed by atoms with Crippen LogP contribution in [0.5, 0.6) is 0 Å². The lowest BCUT2D eigenvalue weighted by molar-refractivity contribution is 0.0176. The van der Waals surface area contributed by atoms with Crippen molar-refractivity contribution in [3.05, 3.63) is 28.8 Å². The molecule has 0 fully saturated rings. The normalized spacial score (nSPS) is 12.6. The summed E-state index contributed by atoms with van der Waals surface area (Å²) in [6.45, 7) is 5.00. The number of hydrogen-bond donors (Lipinski definition) is 0. The van der Waals surface area contributed by atoms with Crippen LogP contribution in [0.15, 0.2) is 18.2 Å². The smallest absolute Gasteiger partial charge is 0.241 e. The summed E-state index contributed by atoms with van der Waals surface area (Å²) in [5.41, 5.74) is 0.702. The van der Waals surface area contributed by atoms with Crippen LogP contribution in [-0.2, 0) is 5.92 Å². The fourth-order valence-corrected chi connectivity index (χ4v) is 2.42. The van der Waals surface area contributed by atoms with Crippen LogP contribution in [-0.4, -0.2) is 4.98 Å². The van der Waals surface area contributed by atoms with Gasteiger partial charge in [0.25, 0.3) is 5.92 Å². The van der Waals surface area contributed by atoms with Crippen molar-refractivity contribution < 1.29 is 8.78 Å². The highest BCUT2D eigenvalue weighted by Gasteiger charge is 2.24. The summed E-state index contributed by atoms with van der Waals surface area (Å²) in [4.78, 5) is 4.37. The first kappa shape index (κ1) is 11.5. The van der Waals surface area contributed by atoms with Crippen molar-refractivity contribution in [1.29, 1.82) is 0 Å². The van der Waals surface area contributed by atoms with E-state index in [0.29, 0.717) is 11.4 Å². The Morgan fingerprint density at radius 3 is 2.56 bits per heavy atom. The second-order valence-electron chi connectivity index (χ2n) is 4.28. The Labute approximate surface area is 97.1 Å². The van der Waals surface area contributed by atoms with Crippen molar-refractivity contribution in [2.24, 2.45) is 0 Å². The van der Waals surface area contributed by atoms with E-state index in [1.807, 2.05) is 13.8 Å². The molecule has 0 unspecified atom stereocenters. The van der Waals surface area contributed by atoms with E-state index in [0.717, 1.165) is 16.6 Å². The van der Waals surface area contributed by atoms with Crippen LogP contribution in [0.2, 0.25) is 0 Å². The third-order valence-corrected chi connectivity index (χ3v) is 3.74. The Balaban J connectivity index is 2.54. The minimum atomic E-state index is -2.80. The molecular weight excluding hydrogens is 228 g/mol. The van der Waals surface area contributed by atoms with Crippen molar-refractivity contribution in [3.63, 3.8) is 0 Å². The molecule has 0 radical (unpaired) electrons. The molecule has 0 aliphatic rings. The fourth-order valence-electron chi connectivity index (χ4n) is 1.47. The largest absolute Gasteiger partial charge is 0.270 e. The van der Waals surface area contributed by atoms with Gasteiger partial charge in [-0.3, -0.25) is 0 Å². The van der Waals surface area contributed by atoms with Gasteiger partial charge in [-0.2, -0.15) is 0 Å². The molecule has 0 N–H and O–H groups in total. The maximum Gasteiger partial charge on any atom is 0.270 e. The molecule has 16 heavy (non-hydrogen) atoms. The minimum absolute atomic E-state index is 0.0283. The van der Waals surface area contributed by atoms with Gasteiger partial charge in [-0.25, -0.2) is 13.8 Å². The summed E-state index contributed by atoms with van der Waals surface area (Å²) in [6.07, 6.45) is 0. The summed E-state index contributed by atoms with van der Waals surface area (Å²) in [5.74, 6) is -2.46. The molecule has 1 aromatic carbocycles. The van der Waals surface area contributed by atoms with Gasteiger partial charge in [0.2, 0.25) is 0 Å². The topological polar surface area (TPSA) is 12.9 Å². The van der Waals surface area contributed by atoms with Crippen molar-refractivity contribution in [1.82, 2.24) is 4.98 Å². The third-order valence-electron chi connectivity index (χ3n) is 2.40. The fraction of sp³-hybridized carbons (Fsp3) is 0.417. The van der Waals surface area contributed by atoms with E-state index in [-0.39, 0.29) is 5.56 Å². The molecule has 86 valence electrons. The van der Waals surface area contributed by atoms with Gasteiger partial charge in [0, 0.05) is 18.4 Å². The van der Waals surface area contributed by atoms with Gasteiger partial charge < -0.3 is 0 Å². The number of thiazole rings is 1. The Kier molecular flexibility index (Phi) is 2.70. The van der Waals surface area contributed by atoms with Gasteiger partial charge in [0.15, 0.2) is 0 Å². The molecule has 0 bridgehead atoms. The van der Waals surface area contributed by atoms with E-state index < -0.39 is 5.92 Å². The van der Waals surface area contributed by atoms with Crippen LogP contribution < -0.4 is 0 Å². The van der Waals surface area contributed by atoms with E-state index in [1.54, 1.807) is 17.4 Å². The highest BCUT2D eigenvalue weighted by Crippen LogP contribution is 2.32. The highest BCUT2D eigenvalue weighted by atomic mass is 32.1. The predicted molar refractivity (Wildman–Crippen MR) is 63.3 cm³/mol. The number of aromatic nitrogens is 1. The van der Waals surface area contributed by atoms with E-state index in [4.69, 9.17) is 0 Å². The molecule has 0 spiro atoms. The van der Waals surface area contributed by atoms with Crippen molar-refractivity contribution in [2.45, 2.75) is 32.6 Å². The van der Waals surface area contributed by atoms with Crippen molar-refractivity contribution >= 4 is 21.6 Å². The minimum Gasteiger partial charge on any atom is -0.241 e. The second kappa shape index (κ2) is 3.77. The van der Waals surface area contributed by atoms with E-state index >= 15 is 0 Å². The predicted octanol–water partition coefficient (Wildman–Crippen LogP) is 4.53. The molecule has 0 atom stereocenters. The molecule has 0 amide bonds. The van der Waals surface area contributed by atoms with Gasteiger partial charge in [0.05, 0.1) is 15.2 Å². The number of benzene rings is 1. The number of rotatable bonds is 2. The molecule has 2 aromatic rings. The van der Waals surface area contributed by atoms with Crippen molar-refractivity contribution in [2.75, 3.05) is 0 Å². The Morgan fingerprint density at radius 2 is 2.00 bits per heavy atom. The highest BCUT2D eigenvalue weighted by molar-refractivity contribution is 7.18. The third kappa shape index (κ3) is 2.07. The SMILES string of the molecule is CC(C)c1nc2cc(C(C)(F)F)ccc2s1. The monoisotopic (exact) mass is 241 g/mol. The Morgan fingerprint density at radius 1 is 1.31 bits per heavy atom. The molecule has 4 heteroatoms. The van der Waals surface area contributed by atoms with Crippen LogP contribution in [0.4, 0.5) is 8.78 Å². The second-order valence-corrected chi connectivity index (χ2v) is 5.34. The Hall–Kier alpha value is -1.03. The zero-order valence-corrected chi connectivity index (χ0v) is 10.2. The van der Waals surface area contributed by atoms with Crippen LogP contribution in [0.25, 0.3) is 10.2 Å². The van der Waals surface area contributed by atoms with Gasteiger partial charge in [-0.15, -0.1) is 11.3 Å². The molecule has 1 nitrogen and oxygen atoms in total. The van der Waals surface area contributed by atoms with Gasteiger partial charge in [0.1, 0.15) is 0 Å². The van der Waals surface area contributed by atoms with Crippen molar-refractivity contribution in [3.8, 4) is 0 Å². The molecule has 0 aliphatic heterocycles. The summed E-state index contributed by atoms with van der Waals surface area (Å²) < 4.78 is 27.2. The molecule has 1 heterocycles.